The smallest absolute Gasteiger partial charge is 0.231 e. The van der Waals surface area contributed by atoms with Gasteiger partial charge in [-0.05, 0) is 30.3 Å². The van der Waals surface area contributed by atoms with Gasteiger partial charge < -0.3 is 24.4 Å². The second-order valence-electron chi connectivity index (χ2n) is 7.46. The molecule has 2 amide bonds. The first-order valence-corrected chi connectivity index (χ1v) is 11.1. The molecule has 0 saturated carbocycles. The molecule has 1 atom stereocenters. The molecule has 2 aromatic carbocycles. The van der Waals surface area contributed by atoms with Crippen LogP contribution in [0, 0.1) is 5.92 Å². The van der Waals surface area contributed by atoms with E-state index in [1.54, 1.807) is 18.1 Å². The minimum Gasteiger partial charge on any atom is -0.495 e. The normalized spacial score (nSPS) is 17.3. The van der Waals surface area contributed by atoms with E-state index in [0.717, 1.165) is 11.3 Å². The first-order chi connectivity index (χ1) is 15.6. The number of hydrogen-bond donors (Lipinski definition) is 1. The standard InChI is InChI=1S/C23H21N3O5S/c1-29-18-5-3-2-4-17(18)26-12-15(11-21(26)27)22(28)25-23-24-16(13-32-23)14-6-7-19-20(10-14)31-9-8-30-19/h2-7,10,13,15H,8-9,11-12H2,1H3,(H,24,25,28). The summed E-state index contributed by atoms with van der Waals surface area (Å²) in [5, 5.41) is 5.23. The van der Waals surface area contributed by atoms with E-state index >= 15 is 0 Å². The molecule has 3 heterocycles. The third kappa shape index (κ3) is 3.87. The summed E-state index contributed by atoms with van der Waals surface area (Å²) in [4.78, 5) is 31.5. The monoisotopic (exact) mass is 451 g/mol. The average Bonchev–Trinajstić information content (AvgIpc) is 3.45. The van der Waals surface area contributed by atoms with Crippen LogP contribution in [0.25, 0.3) is 11.3 Å². The maximum absolute atomic E-state index is 12.8. The van der Waals surface area contributed by atoms with Gasteiger partial charge in [-0.15, -0.1) is 11.3 Å². The van der Waals surface area contributed by atoms with Crippen LogP contribution in [0.5, 0.6) is 17.2 Å². The number of carbonyl (C=O) groups excluding carboxylic acids is 2. The summed E-state index contributed by atoms with van der Waals surface area (Å²) >= 11 is 1.34. The molecule has 8 nitrogen and oxygen atoms in total. The van der Waals surface area contributed by atoms with Crippen molar-refractivity contribution in [2.45, 2.75) is 6.42 Å². The summed E-state index contributed by atoms with van der Waals surface area (Å²) in [5.74, 6) is 1.21. The molecule has 1 N–H and O–H groups in total. The Balaban J connectivity index is 1.27. The zero-order valence-electron chi connectivity index (χ0n) is 17.4. The number of aromatic nitrogens is 1. The van der Waals surface area contributed by atoms with Gasteiger partial charge in [0.1, 0.15) is 19.0 Å². The summed E-state index contributed by atoms with van der Waals surface area (Å²) < 4.78 is 16.5. The number of nitrogens with zero attached hydrogens (tertiary/aromatic N) is 2. The highest BCUT2D eigenvalue weighted by Crippen LogP contribution is 2.36. The van der Waals surface area contributed by atoms with Gasteiger partial charge in [-0.25, -0.2) is 4.98 Å². The van der Waals surface area contributed by atoms with Gasteiger partial charge in [-0.3, -0.25) is 9.59 Å². The van der Waals surface area contributed by atoms with Gasteiger partial charge in [0.25, 0.3) is 0 Å². The molecule has 1 unspecified atom stereocenters. The highest BCUT2D eigenvalue weighted by Gasteiger charge is 2.36. The Kier molecular flexibility index (Phi) is 5.40. The van der Waals surface area contributed by atoms with E-state index < -0.39 is 5.92 Å². The number of hydrogen-bond acceptors (Lipinski definition) is 7. The molecule has 2 aliphatic heterocycles. The largest absolute Gasteiger partial charge is 0.495 e. The predicted octanol–water partition coefficient (Wildman–Crippen LogP) is 3.58. The molecular weight excluding hydrogens is 430 g/mol. The molecule has 1 fully saturated rings. The van der Waals surface area contributed by atoms with Gasteiger partial charge in [0.2, 0.25) is 11.8 Å². The number of rotatable bonds is 5. The molecular formula is C23H21N3O5S. The van der Waals surface area contributed by atoms with Crippen molar-refractivity contribution >= 4 is 34.0 Å². The number of para-hydroxylation sites is 2. The quantitative estimate of drug-likeness (QED) is 0.638. The van der Waals surface area contributed by atoms with Gasteiger partial charge in [0.15, 0.2) is 16.6 Å². The summed E-state index contributed by atoms with van der Waals surface area (Å²) in [6, 6.07) is 13.0. The number of carbonyl (C=O) groups is 2. The zero-order chi connectivity index (χ0) is 22.1. The number of anilines is 2. The average molecular weight is 452 g/mol. The molecule has 32 heavy (non-hydrogen) atoms. The number of benzene rings is 2. The van der Waals surface area contributed by atoms with Gasteiger partial charge in [0, 0.05) is 23.9 Å². The molecule has 5 rings (SSSR count). The van der Waals surface area contributed by atoms with Crippen LogP contribution in [0.2, 0.25) is 0 Å². The summed E-state index contributed by atoms with van der Waals surface area (Å²) in [5.41, 5.74) is 2.29. The molecule has 0 spiro atoms. The fourth-order valence-corrected chi connectivity index (χ4v) is 4.57. The molecule has 1 saturated heterocycles. The number of fused-ring (bicyclic) bond motifs is 1. The van der Waals surface area contributed by atoms with Crippen molar-refractivity contribution in [3.05, 3.63) is 47.8 Å². The van der Waals surface area contributed by atoms with Crippen molar-refractivity contribution in [3.8, 4) is 28.5 Å². The van der Waals surface area contributed by atoms with E-state index in [1.165, 1.54) is 11.3 Å². The molecule has 2 aliphatic rings. The molecule has 1 aromatic heterocycles. The second-order valence-corrected chi connectivity index (χ2v) is 8.32. The lowest BCUT2D eigenvalue weighted by Crippen LogP contribution is -2.28. The molecule has 0 aliphatic carbocycles. The topological polar surface area (TPSA) is 90.0 Å². The van der Waals surface area contributed by atoms with Crippen molar-refractivity contribution in [2.24, 2.45) is 5.92 Å². The number of ether oxygens (including phenoxy) is 3. The van der Waals surface area contributed by atoms with Crippen LogP contribution in [0.15, 0.2) is 47.8 Å². The molecule has 0 bridgehead atoms. The Morgan fingerprint density at radius 2 is 2.00 bits per heavy atom. The van der Waals surface area contributed by atoms with Gasteiger partial charge in [-0.1, -0.05) is 12.1 Å². The van der Waals surface area contributed by atoms with E-state index in [1.807, 2.05) is 41.8 Å². The minimum atomic E-state index is -0.464. The van der Waals surface area contributed by atoms with Crippen LogP contribution in [0.3, 0.4) is 0 Å². The third-order valence-electron chi connectivity index (χ3n) is 5.44. The summed E-state index contributed by atoms with van der Waals surface area (Å²) in [6.45, 7) is 1.35. The van der Waals surface area contributed by atoms with Crippen LogP contribution >= 0.6 is 11.3 Å². The third-order valence-corrected chi connectivity index (χ3v) is 6.20. The lowest BCUT2D eigenvalue weighted by molar-refractivity contribution is -0.122. The maximum Gasteiger partial charge on any atom is 0.231 e. The van der Waals surface area contributed by atoms with E-state index in [4.69, 9.17) is 14.2 Å². The second kappa shape index (κ2) is 8.51. The molecule has 164 valence electrons. The first kappa shape index (κ1) is 20.3. The van der Waals surface area contributed by atoms with Crippen LogP contribution < -0.4 is 24.4 Å². The fourth-order valence-electron chi connectivity index (χ4n) is 3.84. The van der Waals surface area contributed by atoms with Crippen molar-refractivity contribution in [2.75, 3.05) is 37.1 Å². The maximum atomic E-state index is 12.8. The van der Waals surface area contributed by atoms with E-state index in [9.17, 15) is 9.59 Å². The highest BCUT2D eigenvalue weighted by molar-refractivity contribution is 7.14. The van der Waals surface area contributed by atoms with Crippen LogP contribution in [-0.2, 0) is 9.59 Å². The number of nitrogens with one attached hydrogen (secondary N) is 1. The highest BCUT2D eigenvalue weighted by atomic mass is 32.1. The van der Waals surface area contributed by atoms with Gasteiger partial charge in [0.05, 0.1) is 24.4 Å². The SMILES string of the molecule is COc1ccccc1N1CC(C(=O)Nc2nc(-c3ccc4c(c3)OCCO4)cs2)CC1=O. The Hall–Kier alpha value is -3.59. The number of methoxy groups -OCH3 is 1. The van der Waals surface area contributed by atoms with Crippen LogP contribution in [-0.4, -0.2) is 43.7 Å². The predicted molar refractivity (Wildman–Crippen MR) is 121 cm³/mol. The molecule has 0 radical (unpaired) electrons. The zero-order valence-corrected chi connectivity index (χ0v) is 18.2. The Morgan fingerprint density at radius 1 is 1.19 bits per heavy atom. The van der Waals surface area contributed by atoms with Crippen LogP contribution in [0.4, 0.5) is 10.8 Å². The van der Waals surface area contributed by atoms with Gasteiger partial charge >= 0.3 is 0 Å². The fraction of sp³-hybridized carbons (Fsp3) is 0.261. The Labute approximate surface area is 188 Å². The van der Waals surface area contributed by atoms with Crippen molar-refractivity contribution < 1.29 is 23.8 Å². The lowest BCUT2D eigenvalue weighted by Gasteiger charge is -2.19. The lowest BCUT2D eigenvalue weighted by atomic mass is 10.1. The molecule has 3 aromatic rings. The van der Waals surface area contributed by atoms with Crippen molar-refractivity contribution in [1.29, 1.82) is 0 Å². The Morgan fingerprint density at radius 3 is 2.84 bits per heavy atom. The summed E-state index contributed by atoms with van der Waals surface area (Å²) in [6.07, 6.45) is 0.143. The minimum absolute atomic E-state index is 0.106. The van der Waals surface area contributed by atoms with Gasteiger partial charge in [-0.2, -0.15) is 0 Å². The van der Waals surface area contributed by atoms with E-state index in [-0.39, 0.29) is 18.2 Å². The van der Waals surface area contributed by atoms with Crippen LogP contribution in [0.1, 0.15) is 6.42 Å². The van der Waals surface area contributed by atoms with Crippen molar-refractivity contribution in [1.82, 2.24) is 4.98 Å². The summed E-state index contributed by atoms with van der Waals surface area (Å²) in [7, 11) is 1.56. The first-order valence-electron chi connectivity index (χ1n) is 10.2. The number of amides is 2. The van der Waals surface area contributed by atoms with Crippen molar-refractivity contribution in [3.63, 3.8) is 0 Å². The number of thiazole rings is 1. The van der Waals surface area contributed by atoms with E-state index in [2.05, 4.69) is 10.3 Å². The Bertz CT molecular complexity index is 1180. The molecule has 9 heteroatoms. The van der Waals surface area contributed by atoms with E-state index in [0.29, 0.717) is 47.8 Å².